The van der Waals surface area contributed by atoms with Crippen LogP contribution in [-0.4, -0.2) is 14.1 Å². The molecule has 1 atom stereocenters. The summed E-state index contributed by atoms with van der Waals surface area (Å²) in [7, 11) is 3.94. The summed E-state index contributed by atoms with van der Waals surface area (Å²) in [6.07, 6.45) is 0. The van der Waals surface area contributed by atoms with Crippen LogP contribution in [0.5, 0.6) is 0 Å². The van der Waals surface area contributed by atoms with Crippen LogP contribution in [0.1, 0.15) is 16.5 Å². The molecule has 3 aromatic rings. The molecule has 4 nitrogen and oxygen atoms in total. The molecule has 0 spiro atoms. The fraction of sp³-hybridized carbons (Fsp3) is 0.211. The molecule has 4 rings (SSSR count). The monoisotopic (exact) mass is 338 g/mol. The number of benzene rings is 2. The number of para-hydroxylation sites is 1. The minimum Gasteiger partial charge on any atom is -0.422 e. The average Bonchev–Trinajstić information content (AvgIpc) is 2.97. The van der Waals surface area contributed by atoms with Crippen LogP contribution in [0.25, 0.3) is 11.0 Å². The van der Waals surface area contributed by atoms with Gasteiger partial charge in [0.1, 0.15) is 11.0 Å². The van der Waals surface area contributed by atoms with Crippen LogP contribution < -0.4 is 15.8 Å². The van der Waals surface area contributed by atoms with Crippen LogP contribution in [-0.2, 0) is 0 Å². The summed E-state index contributed by atoms with van der Waals surface area (Å²) in [5, 5.41) is 4.29. The van der Waals surface area contributed by atoms with Crippen LogP contribution in [0.15, 0.2) is 56.6 Å². The van der Waals surface area contributed by atoms with Gasteiger partial charge in [0.05, 0.1) is 5.56 Å². The van der Waals surface area contributed by atoms with Crippen molar-refractivity contribution < 1.29 is 4.42 Å². The number of fused-ring (bicyclic) bond motifs is 2. The van der Waals surface area contributed by atoms with Crippen molar-refractivity contribution >= 4 is 34.1 Å². The molecule has 24 heavy (non-hydrogen) atoms. The van der Waals surface area contributed by atoms with E-state index in [9.17, 15) is 4.79 Å². The molecule has 0 aliphatic carbocycles. The Kier molecular flexibility index (Phi) is 3.53. The zero-order chi connectivity index (χ0) is 16.8. The van der Waals surface area contributed by atoms with Gasteiger partial charge >= 0.3 is 5.63 Å². The fourth-order valence-corrected chi connectivity index (χ4v) is 4.30. The van der Waals surface area contributed by atoms with Gasteiger partial charge in [-0.05, 0) is 36.8 Å². The number of thioether (sulfide) groups is 1. The fourth-order valence-electron chi connectivity index (χ4n) is 3.06. The summed E-state index contributed by atoms with van der Waals surface area (Å²) < 4.78 is 5.64. The zero-order valence-corrected chi connectivity index (χ0v) is 14.6. The Labute approximate surface area is 144 Å². The summed E-state index contributed by atoms with van der Waals surface area (Å²) in [5.41, 5.74) is 4.11. The van der Waals surface area contributed by atoms with Crippen molar-refractivity contribution in [2.45, 2.75) is 17.2 Å². The number of aryl methyl sites for hydroxylation is 1. The van der Waals surface area contributed by atoms with Crippen LogP contribution in [0.4, 0.5) is 11.4 Å². The number of hydrogen-bond acceptors (Lipinski definition) is 5. The Bertz CT molecular complexity index is 969. The van der Waals surface area contributed by atoms with E-state index < -0.39 is 0 Å². The quantitative estimate of drug-likeness (QED) is 0.702. The highest BCUT2D eigenvalue weighted by atomic mass is 32.2. The van der Waals surface area contributed by atoms with E-state index >= 15 is 0 Å². The molecule has 0 amide bonds. The molecule has 1 aliphatic heterocycles. The number of nitrogens with zero attached hydrogens (tertiary/aromatic N) is 1. The first-order valence-electron chi connectivity index (χ1n) is 7.81. The Hall–Kier alpha value is -2.40. The maximum atomic E-state index is 12.6. The van der Waals surface area contributed by atoms with Crippen LogP contribution in [0.3, 0.4) is 0 Å². The third-order valence-electron chi connectivity index (χ3n) is 4.39. The first kappa shape index (κ1) is 15.1. The van der Waals surface area contributed by atoms with E-state index in [0.29, 0.717) is 11.1 Å². The minimum absolute atomic E-state index is 0.114. The Morgan fingerprint density at radius 3 is 2.71 bits per heavy atom. The highest BCUT2D eigenvalue weighted by Gasteiger charge is 2.28. The molecular weight excluding hydrogens is 320 g/mol. The molecule has 1 aromatic heterocycles. The lowest BCUT2D eigenvalue weighted by atomic mass is 10.1. The molecule has 1 N–H and O–H groups in total. The number of nitrogens with one attached hydrogen (secondary N) is 1. The van der Waals surface area contributed by atoms with Crippen LogP contribution in [0.2, 0.25) is 0 Å². The lowest BCUT2D eigenvalue weighted by molar-refractivity contribution is 0.550. The van der Waals surface area contributed by atoms with E-state index in [1.54, 1.807) is 11.8 Å². The Morgan fingerprint density at radius 1 is 1.17 bits per heavy atom. The second-order valence-corrected chi connectivity index (χ2v) is 7.29. The molecule has 2 aromatic carbocycles. The molecule has 0 saturated heterocycles. The average molecular weight is 338 g/mol. The van der Waals surface area contributed by atoms with Crippen molar-refractivity contribution in [3.05, 3.63) is 64.0 Å². The second-order valence-electron chi connectivity index (χ2n) is 6.14. The zero-order valence-electron chi connectivity index (χ0n) is 13.8. The Morgan fingerprint density at radius 2 is 1.96 bits per heavy atom. The molecule has 0 radical (unpaired) electrons. The second kappa shape index (κ2) is 5.60. The van der Waals surface area contributed by atoms with Gasteiger partial charge in [0.25, 0.3) is 0 Å². The van der Waals surface area contributed by atoms with E-state index in [4.69, 9.17) is 4.42 Å². The number of hydrogen-bond donors (Lipinski definition) is 1. The molecule has 122 valence electrons. The van der Waals surface area contributed by atoms with Gasteiger partial charge < -0.3 is 14.6 Å². The third-order valence-corrected chi connectivity index (χ3v) is 5.59. The first-order chi connectivity index (χ1) is 11.5. The minimum atomic E-state index is -0.270. The van der Waals surface area contributed by atoms with Crippen LogP contribution in [0, 0.1) is 6.92 Å². The predicted molar refractivity (Wildman–Crippen MR) is 100 cm³/mol. The normalized spacial score (nSPS) is 16.0. The number of rotatable bonds is 2. The maximum absolute atomic E-state index is 12.6. The lowest BCUT2D eigenvalue weighted by Crippen LogP contribution is -2.16. The highest BCUT2D eigenvalue weighted by molar-refractivity contribution is 8.00. The van der Waals surface area contributed by atoms with Gasteiger partial charge in [0.2, 0.25) is 0 Å². The third kappa shape index (κ3) is 2.36. The Balaban J connectivity index is 1.83. The maximum Gasteiger partial charge on any atom is 0.342 e. The predicted octanol–water partition coefficient (Wildman–Crippen LogP) is 4.38. The molecule has 2 heterocycles. The smallest absolute Gasteiger partial charge is 0.342 e. The van der Waals surface area contributed by atoms with E-state index in [1.165, 1.54) is 0 Å². The van der Waals surface area contributed by atoms with Gasteiger partial charge in [0, 0.05) is 41.8 Å². The van der Waals surface area contributed by atoms with Crippen molar-refractivity contribution in [1.82, 2.24) is 0 Å². The standard InChI is InChI=1S/C19H18N2O2S/c1-11-13-9-8-12(21(2)3)10-15(13)23-19(22)17(11)18-20-14-6-4-5-7-16(14)24-18/h4-10,18,20H,1-3H3. The SMILES string of the molecule is Cc1c(C2Nc3ccccc3S2)c(=O)oc2cc(N(C)C)ccc12. The van der Waals surface area contributed by atoms with Gasteiger partial charge in [-0.3, -0.25) is 0 Å². The lowest BCUT2D eigenvalue weighted by Gasteiger charge is -2.16. The van der Waals surface area contributed by atoms with E-state index in [0.717, 1.165) is 27.2 Å². The van der Waals surface area contributed by atoms with Crippen LogP contribution >= 0.6 is 11.8 Å². The molecule has 5 heteroatoms. The largest absolute Gasteiger partial charge is 0.422 e. The van der Waals surface area contributed by atoms with Gasteiger partial charge in [-0.15, -0.1) is 0 Å². The molecule has 1 unspecified atom stereocenters. The topological polar surface area (TPSA) is 45.5 Å². The van der Waals surface area contributed by atoms with Gasteiger partial charge in [-0.25, -0.2) is 4.79 Å². The van der Waals surface area contributed by atoms with E-state index in [2.05, 4.69) is 11.4 Å². The first-order valence-corrected chi connectivity index (χ1v) is 8.69. The van der Waals surface area contributed by atoms with Crippen molar-refractivity contribution in [2.75, 3.05) is 24.3 Å². The van der Waals surface area contributed by atoms with Crippen molar-refractivity contribution in [3.8, 4) is 0 Å². The summed E-state index contributed by atoms with van der Waals surface area (Å²) in [6.45, 7) is 2.00. The molecular formula is C19H18N2O2S. The number of anilines is 2. The van der Waals surface area contributed by atoms with Gasteiger partial charge in [-0.2, -0.15) is 0 Å². The van der Waals surface area contributed by atoms with Crippen molar-refractivity contribution in [2.24, 2.45) is 0 Å². The molecule has 0 saturated carbocycles. The molecule has 0 fully saturated rings. The molecule has 0 bridgehead atoms. The summed E-state index contributed by atoms with van der Waals surface area (Å²) in [5.74, 6) is 0. The summed E-state index contributed by atoms with van der Waals surface area (Å²) in [4.78, 5) is 15.8. The highest BCUT2D eigenvalue weighted by Crippen LogP contribution is 2.46. The molecule has 1 aliphatic rings. The van der Waals surface area contributed by atoms with Crippen molar-refractivity contribution in [1.29, 1.82) is 0 Å². The van der Waals surface area contributed by atoms with Gasteiger partial charge in [-0.1, -0.05) is 23.9 Å². The van der Waals surface area contributed by atoms with E-state index in [1.807, 2.05) is 62.3 Å². The van der Waals surface area contributed by atoms with E-state index in [-0.39, 0.29) is 11.0 Å². The van der Waals surface area contributed by atoms with Crippen molar-refractivity contribution in [3.63, 3.8) is 0 Å². The summed E-state index contributed by atoms with van der Waals surface area (Å²) >= 11 is 1.65. The summed E-state index contributed by atoms with van der Waals surface area (Å²) in [6, 6.07) is 14.1. The van der Waals surface area contributed by atoms with Gasteiger partial charge in [0.15, 0.2) is 0 Å².